The number of aromatic carboxylic acids is 1. The second-order valence-corrected chi connectivity index (χ2v) is 8.53. The Bertz CT molecular complexity index is 816. The van der Waals surface area contributed by atoms with Gasteiger partial charge in [-0.05, 0) is 37.7 Å². The number of hydrogen-bond acceptors (Lipinski definition) is 7. The van der Waals surface area contributed by atoms with Gasteiger partial charge >= 0.3 is 5.97 Å². The smallest absolute Gasteiger partial charge is 0.339 e. The number of aromatic nitrogens is 3. The van der Waals surface area contributed by atoms with Crippen LogP contribution in [0.2, 0.25) is 0 Å². The third-order valence-corrected chi connectivity index (χ3v) is 6.23. The number of anilines is 2. The summed E-state index contributed by atoms with van der Waals surface area (Å²) in [4.78, 5) is 29.2. The zero-order valence-corrected chi connectivity index (χ0v) is 15.5. The van der Waals surface area contributed by atoms with Crippen LogP contribution in [-0.4, -0.2) is 37.4 Å². The first-order chi connectivity index (χ1) is 11.8. The number of fused-ring (bicyclic) bond motifs is 1. The molecule has 0 radical (unpaired) electrons. The largest absolute Gasteiger partial charge is 0.478 e. The molecule has 0 saturated carbocycles. The fraction of sp³-hybridized carbons (Fsp3) is 0.467. The quantitative estimate of drug-likeness (QED) is 0.584. The minimum Gasteiger partial charge on any atom is -0.478 e. The maximum Gasteiger partial charge on any atom is 0.339 e. The number of carboxylic acid groups (broad SMARTS) is 1. The summed E-state index contributed by atoms with van der Waals surface area (Å²) in [5.41, 5.74) is 6.57. The van der Waals surface area contributed by atoms with Crippen molar-refractivity contribution >= 4 is 45.9 Å². The zero-order valence-electron chi connectivity index (χ0n) is 13.8. The van der Waals surface area contributed by atoms with E-state index in [0.717, 1.165) is 41.5 Å². The second kappa shape index (κ2) is 7.04. The minimum atomic E-state index is -0.996. The van der Waals surface area contributed by atoms with Crippen LogP contribution in [0.3, 0.4) is 0 Å². The number of hydrogen-bond donors (Lipinski definition) is 4. The summed E-state index contributed by atoms with van der Waals surface area (Å²) in [6, 6.07) is 0. The standard InChI is InChI=1S/C15H19N5O3S2/c1-6-3-4-8-9(5-6)25-12(10(8)13(22)23)17-11(21)7(2)24-15-18-14(16)19-20-15/h6-7H,3-5H2,1-2H3,(H,17,21)(H,22,23)(H3,16,18,19,20). The van der Waals surface area contributed by atoms with E-state index in [1.807, 2.05) is 0 Å². The summed E-state index contributed by atoms with van der Waals surface area (Å²) in [5.74, 6) is -0.572. The van der Waals surface area contributed by atoms with Gasteiger partial charge in [0.15, 0.2) is 0 Å². The lowest BCUT2D eigenvalue weighted by Gasteiger charge is -2.17. The Morgan fingerprint density at radius 3 is 2.92 bits per heavy atom. The predicted molar refractivity (Wildman–Crippen MR) is 97.2 cm³/mol. The topological polar surface area (TPSA) is 134 Å². The highest BCUT2D eigenvalue weighted by Gasteiger charge is 2.29. The maximum atomic E-state index is 12.5. The van der Waals surface area contributed by atoms with Crippen LogP contribution >= 0.6 is 23.1 Å². The molecule has 2 unspecified atom stereocenters. The lowest BCUT2D eigenvalue weighted by molar-refractivity contribution is -0.115. The van der Waals surface area contributed by atoms with Crippen molar-refractivity contribution in [3.05, 3.63) is 16.0 Å². The van der Waals surface area contributed by atoms with E-state index in [1.165, 1.54) is 11.3 Å². The number of aromatic amines is 1. The summed E-state index contributed by atoms with van der Waals surface area (Å²) < 4.78 is 0. The molecule has 0 saturated heterocycles. The zero-order chi connectivity index (χ0) is 18.1. The van der Waals surface area contributed by atoms with E-state index in [4.69, 9.17) is 5.73 Å². The van der Waals surface area contributed by atoms with Gasteiger partial charge in [-0.2, -0.15) is 4.98 Å². The molecule has 0 aliphatic heterocycles. The average Bonchev–Trinajstić information content (AvgIpc) is 3.09. The molecule has 134 valence electrons. The number of carboxylic acids is 1. The number of rotatable bonds is 5. The Hall–Kier alpha value is -2.07. The van der Waals surface area contributed by atoms with Gasteiger partial charge in [0.05, 0.1) is 10.8 Å². The molecule has 0 bridgehead atoms. The van der Waals surface area contributed by atoms with Gasteiger partial charge in [-0.15, -0.1) is 16.4 Å². The molecule has 0 fully saturated rings. The van der Waals surface area contributed by atoms with E-state index in [-0.39, 0.29) is 17.4 Å². The van der Waals surface area contributed by atoms with E-state index in [0.29, 0.717) is 16.1 Å². The van der Waals surface area contributed by atoms with Gasteiger partial charge in [-0.1, -0.05) is 18.7 Å². The summed E-state index contributed by atoms with van der Waals surface area (Å²) in [5, 5.41) is 19.0. The fourth-order valence-electron chi connectivity index (χ4n) is 2.80. The van der Waals surface area contributed by atoms with Crippen LogP contribution in [-0.2, 0) is 17.6 Å². The molecule has 2 heterocycles. The van der Waals surface area contributed by atoms with Crippen LogP contribution in [0.25, 0.3) is 0 Å². The van der Waals surface area contributed by atoms with Gasteiger partial charge in [0.25, 0.3) is 0 Å². The first-order valence-corrected chi connectivity index (χ1v) is 9.58. The number of H-pyrrole nitrogens is 1. The number of amides is 1. The van der Waals surface area contributed by atoms with Crippen molar-refractivity contribution in [2.45, 2.75) is 43.5 Å². The Morgan fingerprint density at radius 2 is 2.28 bits per heavy atom. The number of carbonyl (C=O) groups is 2. The molecule has 2 aromatic rings. The molecule has 1 aliphatic rings. The third-order valence-electron chi connectivity index (χ3n) is 4.10. The van der Waals surface area contributed by atoms with Crippen LogP contribution in [0.5, 0.6) is 0 Å². The molecule has 1 aliphatic carbocycles. The minimum absolute atomic E-state index is 0.184. The Kier molecular flexibility index (Phi) is 5.00. The summed E-state index contributed by atoms with van der Waals surface area (Å²) in [6.07, 6.45) is 2.57. The molecule has 10 heteroatoms. The number of carbonyl (C=O) groups excluding carboxylic acids is 1. The Balaban J connectivity index is 1.77. The van der Waals surface area contributed by atoms with Crippen LogP contribution in [0.1, 0.15) is 41.1 Å². The Labute approximate surface area is 152 Å². The van der Waals surface area contributed by atoms with E-state index in [1.54, 1.807) is 6.92 Å². The molecule has 0 aromatic carbocycles. The SMILES string of the molecule is CC1CCc2c(sc(NC(=O)C(C)Sc3n[nH]c(N)n3)c2C(=O)O)C1. The monoisotopic (exact) mass is 381 g/mol. The van der Waals surface area contributed by atoms with Crippen LogP contribution < -0.4 is 11.1 Å². The second-order valence-electron chi connectivity index (χ2n) is 6.11. The van der Waals surface area contributed by atoms with Crippen molar-refractivity contribution in [3.63, 3.8) is 0 Å². The van der Waals surface area contributed by atoms with Gasteiger partial charge in [0.2, 0.25) is 17.0 Å². The van der Waals surface area contributed by atoms with Gasteiger partial charge < -0.3 is 16.2 Å². The molecular weight excluding hydrogens is 362 g/mol. The number of nitrogens with zero attached hydrogens (tertiary/aromatic N) is 2. The molecule has 1 amide bonds. The van der Waals surface area contributed by atoms with Crippen molar-refractivity contribution in [2.24, 2.45) is 5.92 Å². The molecule has 2 atom stereocenters. The molecule has 25 heavy (non-hydrogen) atoms. The van der Waals surface area contributed by atoms with Gasteiger partial charge in [-0.3, -0.25) is 4.79 Å². The molecule has 3 rings (SSSR count). The Morgan fingerprint density at radius 1 is 1.52 bits per heavy atom. The summed E-state index contributed by atoms with van der Waals surface area (Å²) in [7, 11) is 0. The highest BCUT2D eigenvalue weighted by atomic mass is 32.2. The van der Waals surface area contributed by atoms with Gasteiger partial charge in [-0.25, -0.2) is 9.89 Å². The van der Waals surface area contributed by atoms with Gasteiger partial charge in [0, 0.05) is 4.88 Å². The first-order valence-electron chi connectivity index (χ1n) is 7.88. The van der Waals surface area contributed by atoms with Crippen molar-refractivity contribution in [1.29, 1.82) is 0 Å². The van der Waals surface area contributed by atoms with Crippen molar-refractivity contribution in [3.8, 4) is 0 Å². The fourth-order valence-corrected chi connectivity index (χ4v) is 4.94. The van der Waals surface area contributed by atoms with Crippen LogP contribution in [0, 0.1) is 5.92 Å². The lowest BCUT2D eigenvalue weighted by Crippen LogP contribution is -2.23. The third kappa shape index (κ3) is 3.79. The van der Waals surface area contributed by atoms with E-state index >= 15 is 0 Å². The number of thioether (sulfide) groups is 1. The molecule has 5 N–H and O–H groups in total. The average molecular weight is 381 g/mol. The highest BCUT2D eigenvalue weighted by molar-refractivity contribution is 8.00. The maximum absolute atomic E-state index is 12.5. The van der Waals surface area contributed by atoms with E-state index in [9.17, 15) is 14.7 Å². The highest BCUT2D eigenvalue weighted by Crippen LogP contribution is 2.40. The van der Waals surface area contributed by atoms with E-state index in [2.05, 4.69) is 27.4 Å². The normalized spacial score (nSPS) is 17.8. The molecule has 8 nitrogen and oxygen atoms in total. The number of nitrogens with one attached hydrogen (secondary N) is 2. The number of nitrogens with two attached hydrogens (primary N) is 1. The van der Waals surface area contributed by atoms with Crippen LogP contribution in [0.15, 0.2) is 5.16 Å². The number of thiophene rings is 1. The summed E-state index contributed by atoms with van der Waals surface area (Å²) in [6.45, 7) is 3.87. The molecular formula is C15H19N5O3S2. The van der Waals surface area contributed by atoms with Gasteiger partial charge in [0.1, 0.15) is 5.00 Å². The summed E-state index contributed by atoms with van der Waals surface area (Å²) >= 11 is 2.52. The first kappa shape index (κ1) is 17.7. The van der Waals surface area contributed by atoms with Crippen LogP contribution in [0.4, 0.5) is 10.9 Å². The van der Waals surface area contributed by atoms with Crippen molar-refractivity contribution < 1.29 is 14.7 Å². The molecule has 0 spiro atoms. The van der Waals surface area contributed by atoms with Crippen molar-refractivity contribution in [1.82, 2.24) is 15.2 Å². The van der Waals surface area contributed by atoms with E-state index < -0.39 is 11.2 Å². The lowest BCUT2D eigenvalue weighted by atomic mass is 9.88. The van der Waals surface area contributed by atoms with Crippen molar-refractivity contribution in [2.75, 3.05) is 11.1 Å². The predicted octanol–water partition coefficient (Wildman–Crippen LogP) is 2.39. The molecule has 2 aromatic heterocycles. The number of nitrogen functional groups attached to an aromatic ring is 1.